The van der Waals surface area contributed by atoms with Crippen LogP contribution < -0.4 is 0 Å². The number of hydrogen-bond acceptors (Lipinski definition) is 4. The lowest BCUT2D eigenvalue weighted by atomic mass is 10.0. The molecule has 2 aromatic rings. The quantitative estimate of drug-likeness (QED) is 0.483. The van der Waals surface area contributed by atoms with Crippen LogP contribution in [0.1, 0.15) is 19.4 Å². The van der Waals surface area contributed by atoms with Crippen LogP contribution in [0.3, 0.4) is 0 Å². The lowest BCUT2D eigenvalue weighted by molar-refractivity contribution is -0.222. The van der Waals surface area contributed by atoms with Gasteiger partial charge in [-0.2, -0.15) is 0 Å². The molecule has 116 valence electrons. The van der Waals surface area contributed by atoms with E-state index in [1.807, 2.05) is 48.5 Å². The number of hydrogen-bond donors (Lipinski definition) is 0. The molecule has 1 heterocycles. The molecule has 0 atom stereocenters. The molecule has 0 aromatic heterocycles. The van der Waals surface area contributed by atoms with Gasteiger partial charge in [0, 0.05) is 13.8 Å². The number of fused-ring (bicyclic) bond motifs is 1. The number of esters is 2. The molecule has 23 heavy (non-hydrogen) atoms. The summed E-state index contributed by atoms with van der Waals surface area (Å²) in [6.45, 7) is 3.04. The van der Waals surface area contributed by atoms with E-state index in [1.165, 1.54) is 19.9 Å². The van der Waals surface area contributed by atoms with Crippen LogP contribution >= 0.6 is 0 Å². The van der Waals surface area contributed by atoms with Gasteiger partial charge in [0.2, 0.25) is 0 Å². The van der Waals surface area contributed by atoms with Gasteiger partial charge in [0.25, 0.3) is 5.79 Å². The molecule has 0 saturated carbocycles. The van der Waals surface area contributed by atoms with Crippen LogP contribution in [0.25, 0.3) is 16.8 Å². The second-order valence-corrected chi connectivity index (χ2v) is 5.69. The largest absolute Gasteiger partial charge is 0.419 e. The smallest absolute Gasteiger partial charge is 0.348 e. The highest BCUT2D eigenvalue weighted by molar-refractivity contribution is 6.15. The summed E-state index contributed by atoms with van der Waals surface area (Å²) in [5, 5.41) is 2.22. The molecule has 0 bridgehead atoms. The van der Waals surface area contributed by atoms with Gasteiger partial charge in [0.05, 0.1) is 0 Å². The highest BCUT2D eigenvalue weighted by atomic mass is 16.7. The van der Waals surface area contributed by atoms with Crippen molar-refractivity contribution in [3.8, 4) is 0 Å². The summed E-state index contributed by atoms with van der Waals surface area (Å²) >= 11 is 0. The molecule has 1 saturated heterocycles. The molecule has 0 radical (unpaired) electrons. The summed E-state index contributed by atoms with van der Waals surface area (Å²) in [5.41, 5.74) is 0.888. The Labute approximate surface area is 134 Å². The van der Waals surface area contributed by atoms with Crippen LogP contribution in [0, 0.1) is 0 Å². The number of allylic oxidation sites excluding steroid dienone is 2. The van der Waals surface area contributed by atoms with Crippen molar-refractivity contribution >= 4 is 28.8 Å². The number of ether oxygens (including phenoxy) is 2. The normalized spacial score (nSPS) is 17.2. The first-order chi connectivity index (χ1) is 11.0. The van der Waals surface area contributed by atoms with Crippen LogP contribution in [-0.4, -0.2) is 17.7 Å². The molecule has 0 unspecified atom stereocenters. The Morgan fingerprint density at radius 2 is 1.57 bits per heavy atom. The minimum atomic E-state index is -1.22. The minimum Gasteiger partial charge on any atom is -0.419 e. The lowest BCUT2D eigenvalue weighted by Gasteiger charge is -2.29. The van der Waals surface area contributed by atoms with Gasteiger partial charge in [-0.25, -0.2) is 9.59 Å². The third-order valence-electron chi connectivity index (χ3n) is 3.48. The van der Waals surface area contributed by atoms with E-state index >= 15 is 0 Å². The Balaban J connectivity index is 1.88. The Morgan fingerprint density at radius 1 is 0.913 bits per heavy atom. The van der Waals surface area contributed by atoms with E-state index in [9.17, 15) is 9.59 Å². The minimum absolute atomic E-state index is 0.110. The lowest BCUT2D eigenvalue weighted by Crippen LogP contribution is -2.41. The summed E-state index contributed by atoms with van der Waals surface area (Å²) in [4.78, 5) is 23.7. The van der Waals surface area contributed by atoms with E-state index in [0.29, 0.717) is 0 Å². The van der Waals surface area contributed by atoms with Gasteiger partial charge in [-0.05, 0) is 22.4 Å². The average molecular weight is 308 g/mol. The monoisotopic (exact) mass is 308 g/mol. The van der Waals surface area contributed by atoms with Crippen molar-refractivity contribution in [3.63, 3.8) is 0 Å². The molecule has 0 spiro atoms. The number of carbonyl (C=O) groups excluding carboxylic acids is 2. The second-order valence-electron chi connectivity index (χ2n) is 5.69. The molecule has 2 aromatic carbocycles. The number of rotatable bonds is 2. The van der Waals surface area contributed by atoms with Gasteiger partial charge in [-0.15, -0.1) is 0 Å². The summed E-state index contributed by atoms with van der Waals surface area (Å²) in [5.74, 6) is -2.56. The van der Waals surface area contributed by atoms with Gasteiger partial charge >= 0.3 is 11.9 Å². The molecule has 1 fully saturated rings. The van der Waals surface area contributed by atoms with Gasteiger partial charge in [-0.3, -0.25) is 0 Å². The fraction of sp³-hybridized carbons (Fsp3) is 0.158. The summed E-state index contributed by atoms with van der Waals surface area (Å²) in [6, 6.07) is 14.0. The summed E-state index contributed by atoms with van der Waals surface area (Å²) < 4.78 is 10.1. The molecular formula is C19H16O4. The maximum atomic E-state index is 11.8. The van der Waals surface area contributed by atoms with Crippen LogP contribution in [0.4, 0.5) is 0 Å². The van der Waals surface area contributed by atoms with Crippen LogP contribution in [0.5, 0.6) is 0 Å². The van der Waals surface area contributed by atoms with E-state index in [2.05, 4.69) is 0 Å². The molecular weight excluding hydrogens is 292 g/mol. The first-order valence-electron chi connectivity index (χ1n) is 7.29. The molecule has 0 aliphatic carbocycles. The van der Waals surface area contributed by atoms with Crippen LogP contribution in [0.2, 0.25) is 0 Å². The maximum absolute atomic E-state index is 11.8. The number of carbonyl (C=O) groups is 2. The van der Waals surface area contributed by atoms with E-state index < -0.39 is 17.7 Å². The number of cyclic esters (lactones) is 2. The van der Waals surface area contributed by atoms with E-state index in [0.717, 1.165) is 16.3 Å². The van der Waals surface area contributed by atoms with Crippen molar-refractivity contribution in [1.82, 2.24) is 0 Å². The zero-order valence-corrected chi connectivity index (χ0v) is 12.9. The SMILES string of the molecule is CC1(C)OC(=O)C(=C/C=C/c2cccc3ccccc23)C(=O)O1. The highest BCUT2D eigenvalue weighted by Gasteiger charge is 2.38. The van der Waals surface area contributed by atoms with Crippen molar-refractivity contribution < 1.29 is 19.1 Å². The topological polar surface area (TPSA) is 52.6 Å². The maximum Gasteiger partial charge on any atom is 0.348 e. The molecule has 4 heteroatoms. The molecule has 0 N–H and O–H groups in total. The van der Waals surface area contributed by atoms with E-state index in [4.69, 9.17) is 9.47 Å². The summed E-state index contributed by atoms with van der Waals surface area (Å²) in [6.07, 6.45) is 4.91. The van der Waals surface area contributed by atoms with Crippen LogP contribution in [-0.2, 0) is 19.1 Å². The van der Waals surface area contributed by atoms with E-state index in [-0.39, 0.29) is 5.57 Å². The summed E-state index contributed by atoms with van der Waals surface area (Å²) in [7, 11) is 0. The third kappa shape index (κ3) is 3.16. The van der Waals surface area contributed by atoms with Gasteiger partial charge in [0.1, 0.15) is 5.57 Å². The average Bonchev–Trinajstić information content (AvgIpc) is 2.49. The van der Waals surface area contributed by atoms with Crippen molar-refractivity contribution in [1.29, 1.82) is 0 Å². The Bertz CT molecular complexity index is 816. The van der Waals surface area contributed by atoms with Gasteiger partial charge < -0.3 is 9.47 Å². The Hall–Kier alpha value is -2.88. The standard InChI is InChI=1S/C19H16O4/c1-19(2)22-17(20)16(18(21)23-19)12-6-10-14-9-5-8-13-7-3-4-11-15(13)14/h3-12H,1-2H3/b10-6+. The number of benzene rings is 2. The van der Waals surface area contributed by atoms with Crippen molar-refractivity contribution in [2.24, 2.45) is 0 Å². The van der Waals surface area contributed by atoms with E-state index in [1.54, 1.807) is 6.08 Å². The van der Waals surface area contributed by atoms with Gasteiger partial charge in [0.15, 0.2) is 0 Å². The van der Waals surface area contributed by atoms with Gasteiger partial charge in [-0.1, -0.05) is 54.6 Å². The third-order valence-corrected chi connectivity index (χ3v) is 3.48. The highest BCUT2D eigenvalue weighted by Crippen LogP contribution is 2.23. The van der Waals surface area contributed by atoms with Crippen molar-refractivity contribution in [2.45, 2.75) is 19.6 Å². The first-order valence-corrected chi connectivity index (χ1v) is 7.29. The zero-order valence-electron chi connectivity index (χ0n) is 12.9. The Kier molecular flexibility index (Phi) is 3.74. The molecule has 1 aliphatic rings. The molecule has 4 nitrogen and oxygen atoms in total. The fourth-order valence-electron chi connectivity index (χ4n) is 2.44. The van der Waals surface area contributed by atoms with Crippen molar-refractivity contribution in [3.05, 3.63) is 65.8 Å². The van der Waals surface area contributed by atoms with Crippen molar-refractivity contribution in [2.75, 3.05) is 0 Å². The second kappa shape index (κ2) is 5.72. The zero-order chi connectivity index (χ0) is 16.4. The fourth-order valence-corrected chi connectivity index (χ4v) is 2.44. The predicted octanol–water partition coefficient (Wildman–Crippen LogP) is 3.62. The Morgan fingerprint density at radius 3 is 2.30 bits per heavy atom. The molecule has 1 aliphatic heterocycles. The molecule has 3 rings (SSSR count). The molecule has 0 amide bonds. The predicted molar refractivity (Wildman–Crippen MR) is 87.3 cm³/mol. The first kappa shape index (κ1) is 15.0. The van der Waals surface area contributed by atoms with Crippen LogP contribution in [0.15, 0.2) is 60.2 Å².